The van der Waals surface area contributed by atoms with Gasteiger partial charge in [0.05, 0.1) is 23.2 Å². The van der Waals surface area contributed by atoms with Crippen LogP contribution in [0.3, 0.4) is 0 Å². The predicted molar refractivity (Wildman–Crippen MR) is 121 cm³/mol. The summed E-state index contributed by atoms with van der Waals surface area (Å²) in [5, 5.41) is 9.69. The summed E-state index contributed by atoms with van der Waals surface area (Å²) in [4.78, 5) is 4.62. The zero-order chi connectivity index (χ0) is 20.8. The third-order valence-electron chi connectivity index (χ3n) is 5.06. The number of imidazole rings is 1. The molecule has 0 fully saturated rings. The lowest BCUT2D eigenvalue weighted by atomic mass is 10.1. The van der Waals surface area contributed by atoms with Crippen molar-refractivity contribution in [1.29, 1.82) is 5.26 Å². The van der Waals surface area contributed by atoms with Crippen molar-refractivity contribution in [3.8, 4) is 11.8 Å². The fourth-order valence-electron chi connectivity index (χ4n) is 3.47. The van der Waals surface area contributed by atoms with Gasteiger partial charge in [0, 0.05) is 7.05 Å². The molecule has 0 aliphatic carbocycles. The summed E-state index contributed by atoms with van der Waals surface area (Å²) in [5.41, 5.74) is 4.69. The van der Waals surface area contributed by atoms with Crippen molar-refractivity contribution in [3.63, 3.8) is 0 Å². The molecule has 0 N–H and O–H groups in total. The van der Waals surface area contributed by atoms with Crippen molar-refractivity contribution < 1.29 is 4.74 Å². The van der Waals surface area contributed by atoms with Gasteiger partial charge in [0.1, 0.15) is 11.8 Å². The maximum absolute atomic E-state index is 9.69. The summed E-state index contributed by atoms with van der Waals surface area (Å²) in [7, 11) is 1.93. The second-order valence-corrected chi connectivity index (χ2v) is 7.16. The lowest BCUT2D eigenvalue weighted by Gasteiger charge is -2.07. The van der Waals surface area contributed by atoms with E-state index in [1.165, 1.54) is 5.56 Å². The van der Waals surface area contributed by atoms with Gasteiger partial charge in [-0.3, -0.25) is 0 Å². The predicted octanol–water partition coefficient (Wildman–Crippen LogP) is 5.65. The molecule has 0 aliphatic rings. The Morgan fingerprint density at radius 2 is 1.73 bits per heavy atom. The van der Waals surface area contributed by atoms with Crippen LogP contribution in [0.15, 0.2) is 78.9 Å². The van der Waals surface area contributed by atoms with Crippen LogP contribution in [0, 0.1) is 11.3 Å². The van der Waals surface area contributed by atoms with E-state index in [4.69, 9.17) is 4.74 Å². The molecule has 0 amide bonds. The summed E-state index contributed by atoms with van der Waals surface area (Å²) in [6, 6.07) is 28.4. The monoisotopic (exact) mass is 393 g/mol. The number of aryl methyl sites for hydroxylation is 2. The third-order valence-corrected chi connectivity index (χ3v) is 5.06. The van der Waals surface area contributed by atoms with Gasteiger partial charge in [-0.1, -0.05) is 54.6 Å². The highest BCUT2D eigenvalue weighted by molar-refractivity contribution is 5.90. The third kappa shape index (κ3) is 4.42. The minimum absolute atomic E-state index is 0.533. The maximum atomic E-state index is 9.69. The van der Waals surface area contributed by atoms with Crippen molar-refractivity contribution in [2.75, 3.05) is 6.61 Å². The van der Waals surface area contributed by atoms with E-state index in [0.717, 1.165) is 35.2 Å². The highest BCUT2D eigenvalue weighted by atomic mass is 16.5. The van der Waals surface area contributed by atoms with E-state index in [9.17, 15) is 5.26 Å². The van der Waals surface area contributed by atoms with Crippen molar-refractivity contribution in [2.45, 2.75) is 12.8 Å². The van der Waals surface area contributed by atoms with Crippen molar-refractivity contribution in [3.05, 3.63) is 95.8 Å². The zero-order valence-electron chi connectivity index (χ0n) is 17.0. The first-order valence-electron chi connectivity index (χ1n) is 10.0. The Labute approximate surface area is 176 Å². The molecule has 4 nitrogen and oxygen atoms in total. The topological polar surface area (TPSA) is 50.8 Å². The molecule has 0 saturated carbocycles. The molecule has 4 rings (SSSR count). The van der Waals surface area contributed by atoms with E-state index in [1.807, 2.05) is 72.3 Å². The van der Waals surface area contributed by atoms with Gasteiger partial charge in [0.2, 0.25) is 0 Å². The Bertz CT molecular complexity index is 1200. The minimum atomic E-state index is 0.533. The molecule has 0 bridgehead atoms. The molecular formula is C26H23N3O. The van der Waals surface area contributed by atoms with Gasteiger partial charge >= 0.3 is 0 Å². The minimum Gasteiger partial charge on any atom is -0.494 e. The van der Waals surface area contributed by atoms with Crippen LogP contribution in [0.2, 0.25) is 0 Å². The highest BCUT2D eigenvalue weighted by Crippen LogP contribution is 2.23. The lowest BCUT2D eigenvalue weighted by molar-refractivity contribution is 0.311. The quantitative estimate of drug-likeness (QED) is 0.301. The first-order chi connectivity index (χ1) is 14.7. The van der Waals surface area contributed by atoms with Gasteiger partial charge in [-0.2, -0.15) is 5.26 Å². The van der Waals surface area contributed by atoms with Gasteiger partial charge in [-0.15, -0.1) is 0 Å². The Hall–Kier alpha value is -3.84. The van der Waals surface area contributed by atoms with Gasteiger partial charge in [0.25, 0.3) is 0 Å². The van der Waals surface area contributed by atoms with Crippen LogP contribution < -0.4 is 4.74 Å². The molecule has 0 atom stereocenters. The van der Waals surface area contributed by atoms with E-state index in [-0.39, 0.29) is 0 Å². The molecule has 0 aliphatic heterocycles. The van der Waals surface area contributed by atoms with Crippen LogP contribution in [-0.2, 0) is 13.5 Å². The van der Waals surface area contributed by atoms with E-state index >= 15 is 0 Å². The Kier molecular flexibility index (Phi) is 5.91. The number of ether oxygens (including phenoxy) is 1. The average Bonchev–Trinajstić information content (AvgIpc) is 3.13. The Balaban J connectivity index is 1.41. The number of para-hydroxylation sites is 2. The molecule has 3 aromatic carbocycles. The number of rotatable bonds is 7. The van der Waals surface area contributed by atoms with Crippen LogP contribution in [0.5, 0.6) is 5.75 Å². The molecule has 0 radical (unpaired) electrons. The fourth-order valence-corrected chi connectivity index (χ4v) is 3.47. The number of benzene rings is 3. The fraction of sp³-hybridized carbons (Fsp3) is 0.154. The Morgan fingerprint density at radius 3 is 2.47 bits per heavy atom. The number of aromatic nitrogens is 2. The van der Waals surface area contributed by atoms with Crippen LogP contribution >= 0.6 is 0 Å². The number of nitrogens with zero attached hydrogens (tertiary/aromatic N) is 3. The molecule has 30 heavy (non-hydrogen) atoms. The highest BCUT2D eigenvalue weighted by Gasteiger charge is 2.11. The van der Waals surface area contributed by atoms with E-state index in [1.54, 1.807) is 0 Å². The molecular weight excluding hydrogens is 370 g/mol. The SMILES string of the molecule is Cn1c(/C(C#N)=C\c2ccc(OCCCc3ccccc3)cc2)nc2ccccc21. The van der Waals surface area contributed by atoms with Gasteiger partial charge in [-0.05, 0) is 54.3 Å². The standard InChI is InChI=1S/C26H23N3O/c1-29-25-12-6-5-11-24(25)28-26(29)22(19-27)18-21-13-15-23(16-14-21)30-17-7-10-20-8-3-2-4-9-20/h2-6,8-9,11-16,18H,7,10,17H2,1H3/b22-18-. The maximum Gasteiger partial charge on any atom is 0.151 e. The van der Waals surface area contributed by atoms with E-state index in [2.05, 4.69) is 35.3 Å². The van der Waals surface area contributed by atoms with Crippen molar-refractivity contribution >= 4 is 22.7 Å². The summed E-state index contributed by atoms with van der Waals surface area (Å²) >= 11 is 0. The lowest BCUT2D eigenvalue weighted by Crippen LogP contribution is -1.99. The second kappa shape index (κ2) is 9.11. The molecule has 1 heterocycles. The van der Waals surface area contributed by atoms with Gasteiger partial charge in [0.15, 0.2) is 5.82 Å². The number of allylic oxidation sites excluding steroid dienone is 1. The number of fused-ring (bicyclic) bond motifs is 1. The first-order valence-corrected chi connectivity index (χ1v) is 10.0. The summed E-state index contributed by atoms with van der Waals surface area (Å²) in [6.45, 7) is 0.674. The second-order valence-electron chi connectivity index (χ2n) is 7.16. The van der Waals surface area contributed by atoms with Crippen LogP contribution in [0.1, 0.15) is 23.4 Å². The van der Waals surface area contributed by atoms with E-state index < -0.39 is 0 Å². The average molecular weight is 393 g/mol. The summed E-state index contributed by atoms with van der Waals surface area (Å²) in [5.74, 6) is 1.50. The van der Waals surface area contributed by atoms with Crippen molar-refractivity contribution in [2.24, 2.45) is 7.05 Å². The summed E-state index contributed by atoms with van der Waals surface area (Å²) < 4.78 is 7.81. The number of hydrogen-bond donors (Lipinski definition) is 0. The molecule has 4 heteroatoms. The largest absolute Gasteiger partial charge is 0.494 e. The Morgan fingerprint density at radius 1 is 1.00 bits per heavy atom. The van der Waals surface area contributed by atoms with Crippen molar-refractivity contribution in [1.82, 2.24) is 9.55 Å². The van der Waals surface area contributed by atoms with Crippen LogP contribution in [0.25, 0.3) is 22.7 Å². The molecule has 4 aromatic rings. The molecule has 1 aromatic heterocycles. The number of nitriles is 1. The molecule has 0 spiro atoms. The van der Waals surface area contributed by atoms with Gasteiger partial charge < -0.3 is 9.30 Å². The smallest absolute Gasteiger partial charge is 0.151 e. The summed E-state index contributed by atoms with van der Waals surface area (Å²) in [6.07, 6.45) is 3.84. The normalized spacial score (nSPS) is 11.4. The molecule has 148 valence electrons. The van der Waals surface area contributed by atoms with Gasteiger partial charge in [-0.25, -0.2) is 4.98 Å². The molecule has 0 saturated heterocycles. The zero-order valence-corrected chi connectivity index (χ0v) is 17.0. The number of hydrogen-bond acceptors (Lipinski definition) is 3. The first kappa shape index (κ1) is 19.5. The molecule has 0 unspecified atom stereocenters. The van der Waals surface area contributed by atoms with E-state index in [0.29, 0.717) is 18.0 Å². The van der Waals surface area contributed by atoms with Crippen LogP contribution in [-0.4, -0.2) is 16.2 Å². The van der Waals surface area contributed by atoms with Crippen LogP contribution in [0.4, 0.5) is 0 Å².